The molecule has 1 aliphatic heterocycles. The van der Waals surface area contributed by atoms with Crippen LogP contribution in [-0.4, -0.2) is 40.5 Å². The molecule has 0 aliphatic carbocycles. The van der Waals surface area contributed by atoms with Crippen LogP contribution in [0.5, 0.6) is 0 Å². The lowest BCUT2D eigenvalue weighted by atomic mass is 9.97. The Bertz CT molecular complexity index is 477. The Balaban J connectivity index is 1.84. The van der Waals surface area contributed by atoms with Crippen LogP contribution in [0.4, 0.5) is 5.13 Å². The number of anilines is 1. The third kappa shape index (κ3) is 3.84. The number of primary amides is 1. The number of aromatic nitrogens is 1. The van der Waals surface area contributed by atoms with Crippen LogP contribution in [0, 0.1) is 5.92 Å². The number of carbonyl (C=O) groups is 2. The second-order valence-corrected chi connectivity index (χ2v) is 6.73. The number of nitrogen functional groups attached to an aromatic ring is 1. The fourth-order valence-electron chi connectivity index (χ4n) is 2.00. The molecule has 0 aromatic carbocycles. The monoisotopic (exact) mass is 300 g/mol. The van der Waals surface area contributed by atoms with Gasteiger partial charge in [0.1, 0.15) is 0 Å². The molecule has 1 unspecified atom stereocenters. The van der Waals surface area contributed by atoms with Crippen molar-refractivity contribution in [3.63, 3.8) is 0 Å². The second-order valence-electron chi connectivity index (χ2n) is 4.39. The number of thioether (sulfide) groups is 1. The molecule has 8 heteroatoms. The highest BCUT2D eigenvalue weighted by Crippen LogP contribution is 2.27. The molecule has 0 saturated carbocycles. The summed E-state index contributed by atoms with van der Waals surface area (Å²) in [5.41, 5.74) is 10.8. The predicted molar refractivity (Wildman–Crippen MR) is 75.7 cm³/mol. The molecule has 1 fully saturated rings. The molecule has 1 aromatic rings. The van der Waals surface area contributed by atoms with Gasteiger partial charge in [-0.25, -0.2) is 4.98 Å². The molecule has 1 saturated heterocycles. The summed E-state index contributed by atoms with van der Waals surface area (Å²) in [4.78, 5) is 28.9. The largest absolute Gasteiger partial charge is 0.375 e. The van der Waals surface area contributed by atoms with E-state index in [4.69, 9.17) is 11.5 Å². The maximum atomic E-state index is 12.1. The first kappa shape index (κ1) is 14.1. The van der Waals surface area contributed by atoms with Crippen LogP contribution in [0.1, 0.15) is 12.8 Å². The van der Waals surface area contributed by atoms with Crippen molar-refractivity contribution in [1.29, 1.82) is 0 Å². The molecule has 2 rings (SSSR count). The minimum atomic E-state index is -0.319. The second kappa shape index (κ2) is 6.25. The minimum Gasteiger partial charge on any atom is -0.375 e. The van der Waals surface area contributed by atoms with Crippen LogP contribution >= 0.6 is 23.1 Å². The number of carbonyl (C=O) groups excluding carboxylic acids is 2. The number of hydrogen-bond donors (Lipinski definition) is 2. The average molecular weight is 300 g/mol. The Kier molecular flexibility index (Phi) is 4.65. The average Bonchev–Trinajstić information content (AvgIpc) is 2.82. The Labute approximate surface area is 119 Å². The SMILES string of the molecule is NC(=O)C1CCCN(C(=O)CSc2cnc(N)s2)C1. The van der Waals surface area contributed by atoms with Gasteiger partial charge in [0.15, 0.2) is 5.13 Å². The molecule has 1 aromatic heterocycles. The summed E-state index contributed by atoms with van der Waals surface area (Å²) in [6.07, 6.45) is 3.27. The van der Waals surface area contributed by atoms with E-state index in [2.05, 4.69) is 4.98 Å². The van der Waals surface area contributed by atoms with E-state index in [0.29, 0.717) is 24.0 Å². The van der Waals surface area contributed by atoms with Crippen molar-refractivity contribution in [3.05, 3.63) is 6.20 Å². The van der Waals surface area contributed by atoms with Crippen molar-refractivity contribution in [2.24, 2.45) is 11.7 Å². The van der Waals surface area contributed by atoms with E-state index in [0.717, 1.165) is 17.1 Å². The molecule has 0 spiro atoms. The van der Waals surface area contributed by atoms with E-state index < -0.39 is 0 Å². The summed E-state index contributed by atoms with van der Waals surface area (Å²) in [5, 5.41) is 0.502. The number of rotatable bonds is 4. The van der Waals surface area contributed by atoms with Crippen molar-refractivity contribution in [2.75, 3.05) is 24.6 Å². The molecule has 0 bridgehead atoms. The van der Waals surface area contributed by atoms with Crippen LogP contribution in [-0.2, 0) is 9.59 Å². The third-order valence-corrected chi connectivity index (χ3v) is 5.02. The molecule has 1 atom stereocenters. The van der Waals surface area contributed by atoms with Crippen molar-refractivity contribution < 1.29 is 9.59 Å². The Hall–Kier alpha value is -1.28. The summed E-state index contributed by atoms with van der Waals surface area (Å²) in [6.45, 7) is 1.15. The quantitative estimate of drug-likeness (QED) is 0.790. The van der Waals surface area contributed by atoms with Gasteiger partial charge in [-0.15, -0.1) is 11.8 Å². The van der Waals surface area contributed by atoms with Gasteiger partial charge in [-0.1, -0.05) is 11.3 Å². The smallest absolute Gasteiger partial charge is 0.232 e. The lowest BCUT2D eigenvalue weighted by Gasteiger charge is -2.31. The van der Waals surface area contributed by atoms with Crippen molar-refractivity contribution in [1.82, 2.24) is 9.88 Å². The summed E-state index contributed by atoms with van der Waals surface area (Å²) >= 11 is 2.79. The van der Waals surface area contributed by atoms with Crippen LogP contribution in [0.25, 0.3) is 0 Å². The molecule has 1 aliphatic rings. The minimum absolute atomic E-state index is 0.0305. The number of thiazole rings is 1. The summed E-state index contributed by atoms with van der Waals surface area (Å²) in [6, 6.07) is 0. The van der Waals surface area contributed by atoms with E-state index >= 15 is 0 Å². The molecule has 104 valence electrons. The first-order chi connectivity index (χ1) is 9.06. The molecule has 6 nitrogen and oxygen atoms in total. The summed E-state index contributed by atoms with van der Waals surface area (Å²) in [7, 11) is 0. The van der Waals surface area contributed by atoms with Crippen LogP contribution in [0.3, 0.4) is 0 Å². The van der Waals surface area contributed by atoms with Gasteiger partial charge in [0, 0.05) is 13.1 Å². The molecule has 19 heavy (non-hydrogen) atoms. The van der Waals surface area contributed by atoms with E-state index in [9.17, 15) is 9.59 Å². The summed E-state index contributed by atoms with van der Waals surface area (Å²) in [5.74, 6) is -0.155. The highest BCUT2D eigenvalue weighted by atomic mass is 32.2. The summed E-state index contributed by atoms with van der Waals surface area (Å²) < 4.78 is 0.925. The first-order valence-corrected chi connectivity index (χ1v) is 7.77. The Morgan fingerprint density at radius 3 is 3.00 bits per heavy atom. The van der Waals surface area contributed by atoms with Gasteiger partial charge >= 0.3 is 0 Å². The lowest BCUT2D eigenvalue weighted by molar-refractivity contribution is -0.132. The standard InChI is InChI=1S/C11H16N4O2S2/c12-10(17)7-2-1-3-15(5-7)8(16)6-18-9-4-14-11(13)19-9/h4,7H,1-3,5-6H2,(H2,12,17)(H2,13,14). The van der Waals surface area contributed by atoms with Crippen LogP contribution < -0.4 is 11.5 Å². The van der Waals surface area contributed by atoms with Crippen molar-refractivity contribution in [3.8, 4) is 0 Å². The van der Waals surface area contributed by atoms with Gasteiger partial charge in [-0.3, -0.25) is 9.59 Å². The lowest BCUT2D eigenvalue weighted by Crippen LogP contribution is -2.44. The van der Waals surface area contributed by atoms with Gasteiger partial charge < -0.3 is 16.4 Å². The molecule has 2 heterocycles. The number of hydrogen-bond acceptors (Lipinski definition) is 6. The van der Waals surface area contributed by atoms with Gasteiger partial charge in [0.05, 0.1) is 22.1 Å². The topological polar surface area (TPSA) is 102 Å². The number of amides is 2. The number of piperidine rings is 1. The van der Waals surface area contributed by atoms with E-state index in [1.165, 1.54) is 23.1 Å². The van der Waals surface area contributed by atoms with Crippen molar-refractivity contribution >= 4 is 40.0 Å². The molecular formula is C11H16N4O2S2. The zero-order chi connectivity index (χ0) is 13.8. The molecule has 2 amide bonds. The fourth-order valence-corrected chi connectivity index (χ4v) is 3.66. The van der Waals surface area contributed by atoms with Gasteiger partial charge in [0.25, 0.3) is 0 Å². The Morgan fingerprint density at radius 1 is 1.58 bits per heavy atom. The molecule has 0 radical (unpaired) electrons. The maximum Gasteiger partial charge on any atom is 0.232 e. The molecular weight excluding hydrogens is 284 g/mol. The van der Waals surface area contributed by atoms with E-state index in [-0.39, 0.29) is 17.7 Å². The number of likely N-dealkylation sites (tertiary alicyclic amines) is 1. The normalized spacial score (nSPS) is 19.4. The van der Waals surface area contributed by atoms with E-state index in [1.54, 1.807) is 11.1 Å². The highest BCUT2D eigenvalue weighted by molar-refractivity contribution is 8.01. The van der Waals surface area contributed by atoms with Crippen LogP contribution in [0.15, 0.2) is 10.4 Å². The first-order valence-electron chi connectivity index (χ1n) is 5.97. The van der Waals surface area contributed by atoms with Gasteiger partial charge in [-0.2, -0.15) is 0 Å². The number of nitrogens with two attached hydrogens (primary N) is 2. The van der Waals surface area contributed by atoms with Gasteiger partial charge in [-0.05, 0) is 12.8 Å². The third-order valence-electron chi connectivity index (χ3n) is 3.02. The van der Waals surface area contributed by atoms with Crippen molar-refractivity contribution in [2.45, 2.75) is 17.1 Å². The Morgan fingerprint density at radius 2 is 2.37 bits per heavy atom. The van der Waals surface area contributed by atoms with Crippen LogP contribution in [0.2, 0.25) is 0 Å². The maximum absolute atomic E-state index is 12.1. The fraction of sp³-hybridized carbons (Fsp3) is 0.545. The zero-order valence-corrected chi connectivity index (χ0v) is 12.0. The highest BCUT2D eigenvalue weighted by Gasteiger charge is 2.26. The predicted octanol–water partition coefficient (Wildman–Crippen LogP) is 0.541. The van der Waals surface area contributed by atoms with E-state index in [1.807, 2.05) is 0 Å². The molecule has 4 N–H and O–H groups in total. The van der Waals surface area contributed by atoms with Gasteiger partial charge in [0.2, 0.25) is 11.8 Å². The number of nitrogens with zero attached hydrogens (tertiary/aromatic N) is 2. The zero-order valence-electron chi connectivity index (χ0n) is 10.4.